The number of pyridine rings is 1. The van der Waals surface area contributed by atoms with Gasteiger partial charge in [-0.05, 0) is 31.4 Å². The third-order valence-corrected chi connectivity index (χ3v) is 5.92. The lowest BCUT2D eigenvalue weighted by molar-refractivity contribution is -0.127. The lowest BCUT2D eigenvalue weighted by atomic mass is 9.95. The number of fused-ring (bicyclic) bond motifs is 1. The maximum Gasteiger partial charge on any atom is 0.219 e. The molecule has 2 aliphatic rings. The van der Waals surface area contributed by atoms with Crippen LogP contribution in [0.2, 0.25) is 0 Å². The number of carbonyl (C=O) groups is 1. The molecule has 2 aromatic heterocycles. The lowest BCUT2D eigenvalue weighted by Crippen LogP contribution is -2.33. The molecule has 1 atom stereocenters. The average Bonchev–Trinajstić information content (AvgIpc) is 3.28. The van der Waals surface area contributed by atoms with Crippen molar-refractivity contribution in [3.63, 3.8) is 0 Å². The number of aromatic nitrogens is 3. The van der Waals surface area contributed by atoms with Crippen LogP contribution in [0.25, 0.3) is 11.0 Å². The predicted molar refractivity (Wildman–Crippen MR) is 102 cm³/mol. The van der Waals surface area contributed by atoms with Crippen LogP contribution in [0.3, 0.4) is 0 Å². The van der Waals surface area contributed by atoms with Gasteiger partial charge in [0.2, 0.25) is 5.91 Å². The number of rotatable bonds is 5. The van der Waals surface area contributed by atoms with E-state index in [2.05, 4.69) is 21.0 Å². The molecule has 1 saturated carbocycles. The largest absolute Gasteiger partial charge is 0.342 e. The summed E-state index contributed by atoms with van der Waals surface area (Å²) >= 11 is 0. The van der Waals surface area contributed by atoms with E-state index >= 15 is 0 Å². The first-order chi connectivity index (χ1) is 12.7. The van der Waals surface area contributed by atoms with E-state index in [9.17, 15) is 4.79 Å². The lowest BCUT2D eigenvalue weighted by Gasteiger charge is -2.22. The maximum atomic E-state index is 11.7. The summed E-state index contributed by atoms with van der Waals surface area (Å²) < 4.78 is 2.05. The van der Waals surface area contributed by atoms with Crippen LogP contribution in [0, 0.1) is 0 Å². The Labute approximate surface area is 155 Å². The van der Waals surface area contributed by atoms with Crippen LogP contribution in [0.5, 0.6) is 0 Å². The zero-order chi connectivity index (χ0) is 17.9. The smallest absolute Gasteiger partial charge is 0.219 e. The molecular formula is C20H29N5O. The Hall–Kier alpha value is -1.95. The van der Waals surface area contributed by atoms with Crippen LogP contribution < -0.4 is 5.32 Å². The highest BCUT2D eigenvalue weighted by atomic mass is 16.2. The Balaban J connectivity index is 1.48. The fourth-order valence-electron chi connectivity index (χ4n) is 4.44. The zero-order valence-corrected chi connectivity index (χ0v) is 15.7. The molecule has 0 radical (unpaired) electrons. The molecule has 3 heterocycles. The number of nitrogens with one attached hydrogen (secondary N) is 1. The molecule has 2 aromatic rings. The fourth-order valence-corrected chi connectivity index (χ4v) is 4.44. The van der Waals surface area contributed by atoms with E-state index in [0.29, 0.717) is 12.0 Å². The van der Waals surface area contributed by atoms with E-state index in [4.69, 9.17) is 5.10 Å². The first-order valence-electron chi connectivity index (χ1n) is 10.0. The van der Waals surface area contributed by atoms with E-state index in [1.807, 2.05) is 17.2 Å². The molecule has 0 spiro atoms. The van der Waals surface area contributed by atoms with Crippen molar-refractivity contribution in [2.75, 3.05) is 19.6 Å². The molecule has 6 nitrogen and oxygen atoms in total. The van der Waals surface area contributed by atoms with Crippen molar-refractivity contribution >= 4 is 16.9 Å². The number of likely N-dealkylation sites (tertiary alicyclic amines) is 1. The van der Waals surface area contributed by atoms with Crippen molar-refractivity contribution in [3.05, 3.63) is 24.0 Å². The quantitative estimate of drug-likeness (QED) is 0.896. The molecule has 1 aliphatic heterocycles. The molecule has 0 aromatic carbocycles. The normalized spacial score (nSPS) is 21.6. The standard InChI is InChI=1S/C20H29N5O/c1-15(26)24-12-9-16(14-24)19-18-8-5-10-22-20(18)25(23-19)13-11-21-17-6-3-2-4-7-17/h5,8,10,16-17,21H,2-4,6-7,9,11-14H2,1H3/t16-/m1/s1. The molecule has 4 rings (SSSR count). The van der Waals surface area contributed by atoms with Crippen LogP contribution >= 0.6 is 0 Å². The Kier molecular flexibility index (Phi) is 5.20. The van der Waals surface area contributed by atoms with Gasteiger partial charge in [0.1, 0.15) is 0 Å². The summed E-state index contributed by atoms with van der Waals surface area (Å²) in [7, 11) is 0. The summed E-state index contributed by atoms with van der Waals surface area (Å²) in [5.74, 6) is 0.476. The van der Waals surface area contributed by atoms with Crippen molar-refractivity contribution < 1.29 is 4.79 Å². The highest BCUT2D eigenvalue weighted by molar-refractivity contribution is 5.79. The molecule has 6 heteroatoms. The molecule has 140 valence electrons. The third kappa shape index (κ3) is 3.61. The second kappa shape index (κ2) is 7.74. The van der Waals surface area contributed by atoms with Gasteiger partial charge in [-0.2, -0.15) is 5.10 Å². The fraction of sp³-hybridized carbons (Fsp3) is 0.650. The number of hydrogen-bond acceptors (Lipinski definition) is 4. The Bertz CT molecular complexity index is 765. The van der Waals surface area contributed by atoms with Gasteiger partial charge in [-0.15, -0.1) is 0 Å². The summed E-state index contributed by atoms with van der Waals surface area (Å²) in [6.07, 6.45) is 9.51. The van der Waals surface area contributed by atoms with Crippen molar-refractivity contribution in [1.29, 1.82) is 0 Å². The van der Waals surface area contributed by atoms with Crippen molar-refractivity contribution in [2.24, 2.45) is 0 Å². The van der Waals surface area contributed by atoms with Gasteiger partial charge in [0.15, 0.2) is 5.65 Å². The molecule has 0 bridgehead atoms. The van der Waals surface area contributed by atoms with E-state index in [1.54, 1.807) is 6.92 Å². The topological polar surface area (TPSA) is 63.1 Å². The van der Waals surface area contributed by atoms with Crippen LogP contribution in [0.1, 0.15) is 57.1 Å². The monoisotopic (exact) mass is 355 g/mol. The van der Waals surface area contributed by atoms with E-state index in [-0.39, 0.29) is 5.91 Å². The van der Waals surface area contributed by atoms with Crippen molar-refractivity contribution in [3.8, 4) is 0 Å². The molecule has 0 unspecified atom stereocenters. The molecule has 1 N–H and O–H groups in total. The van der Waals surface area contributed by atoms with Crippen LogP contribution in [0.4, 0.5) is 0 Å². The minimum atomic E-state index is 0.158. The Morgan fingerprint density at radius 2 is 2.12 bits per heavy atom. The maximum absolute atomic E-state index is 11.7. The van der Waals surface area contributed by atoms with Gasteiger partial charge in [-0.3, -0.25) is 4.79 Å². The second-order valence-electron chi connectivity index (χ2n) is 7.72. The highest BCUT2D eigenvalue weighted by Crippen LogP contribution is 2.31. The second-order valence-corrected chi connectivity index (χ2v) is 7.72. The number of carbonyl (C=O) groups excluding carboxylic acids is 1. The van der Waals surface area contributed by atoms with Crippen LogP contribution in [-0.2, 0) is 11.3 Å². The average molecular weight is 355 g/mol. The van der Waals surface area contributed by atoms with E-state index in [1.165, 1.54) is 32.1 Å². The number of nitrogens with zero attached hydrogens (tertiary/aromatic N) is 4. The summed E-state index contributed by atoms with van der Waals surface area (Å²) in [5.41, 5.74) is 2.07. The predicted octanol–water partition coefficient (Wildman–Crippen LogP) is 2.69. The molecule has 1 aliphatic carbocycles. The molecule has 1 saturated heterocycles. The number of amides is 1. The highest BCUT2D eigenvalue weighted by Gasteiger charge is 2.29. The van der Waals surface area contributed by atoms with Gasteiger partial charge < -0.3 is 10.2 Å². The van der Waals surface area contributed by atoms with Gasteiger partial charge in [0.05, 0.1) is 12.2 Å². The minimum Gasteiger partial charge on any atom is -0.342 e. The zero-order valence-electron chi connectivity index (χ0n) is 15.7. The van der Waals surface area contributed by atoms with E-state index < -0.39 is 0 Å². The first-order valence-corrected chi connectivity index (χ1v) is 10.0. The Morgan fingerprint density at radius 3 is 2.88 bits per heavy atom. The van der Waals surface area contributed by atoms with Crippen LogP contribution in [-0.4, -0.2) is 51.2 Å². The van der Waals surface area contributed by atoms with Gasteiger partial charge in [0, 0.05) is 50.1 Å². The van der Waals surface area contributed by atoms with Gasteiger partial charge in [-0.25, -0.2) is 9.67 Å². The van der Waals surface area contributed by atoms with Crippen molar-refractivity contribution in [2.45, 2.75) is 64.0 Å². The molecular weight excluding hydrogens is 326 g/mol. The minimum absolute atomic E-state index is 0.158. The van der Waals surface area contributed by atoms with E-state index in [0.717, 1.165) is 49.3 Å². The van der Waals surface area contributed by atoms with Gasteiger partial charge in [-0.1, -0.05) is 19.3 Å². The molecule has 1 amide bonds. The first kappa shape index (κ1) is 17.5. The SMILES string of the molecule is CC(=O)N1CC[C@@H](c2nn(CCNC3CCCCC3)c3ncccc23)C1. The Morgan fingerprint density at radius 1 is 1.27 bits per heavy atom. The molecule has 2 fully saturated rings. The van der Waals surface area contributed by atoms with Crippen LogP contribution in [0.15, 0.2) is 18.3 Å². The van der Waals surface area contributed by atoms with Crippen molar-refractivity contribution in [1.82, 2.24) is 25.0 Å². The van der Waals surface area contributed by atoms with Gasteiger partial charge in [0.25, 0.3) is 0 Å². The number of hydrogen-bond donors (Lipinski definition) is 1. The summed E-state index contributed by atoms with van der Waals surface area (Å²) in [6.45, 7) is 5.03. The van der Waals surface area contributed by atoms with Gasteiger partial charge >= 0.3 is 0 Å². The molecule has 26 heavy (non-hydrogen) atoms. The summed E-state index contributed by atoms with van der Waals surface area (Å²) in [5, 5.41) is 9.76. The summed E-state index contributed by atoms with van der Waals surface area (Å²) in [6, 6.07) is 4.76. The summed E-state index contributed by atoms with van der Waals surface area (Å²) in [4.78, 5) is 18.2. The third-order valence-electron chi connectivity index (χ3n) is 5.92.